The maximum Gasteiger partial charge on any atom is 0.211 e. The molecule has 1 N–H and O–H groups in total. The van der Waals surface area contributed by atoms with Gasteiger partial charge in [0, 0.05) is 12.6 Å². The summed E-state index contributed by atoms with van der Waals surface area (Å²) in [6.45, 7) is 6.90. The first kappa shape index (κ1) is 14.9. The predicted octanol–water partition coefficient (Wildman–Crippen LogP) is 1.58. The molecule has 1 fully saturated rings. The first-order valence-electron chi connectivity index (χ1n) is 6.76. The SMILES string of the molecule is CCCS(=O)(=O)NCCCN1CCCCC1C. The van der Waals surface area contributed by atoms with Crippen molar-refractivity contribution in [1.82, 2.24) is 9.62 Å². The number of nitrogens with one attached hydrogen (secondary N) is 1. The Morgan fingerprint density at radius 1 is 1.35 bits per heavy atom. The lowest BCUT2D eigenvalue weighted by Gasteiger charge is -2.33. The van der Waals surface area contributed by atoms with Crippen molar-refractivity contribution < 1.29 is 8.42 Å². The number of hydrogen-bond acceptors (Lipinski definition) is 3. The van der Waals surface area contributed by atoms with Crippen molar-refractivity contribution in [3.63, 3.8) is 0 Å². The van der Waals surface area contributed by atoms with Crippen LogP contribution in [-0.4, -0.2) is 44.7 Å². The fraction of sp³-hybridized carbons (Fsp3) is 1.00. The lowest BCUT2D eigenvalue weighted by atomic mass is 10.0. The van der Waals surface area contributed by atoms with Gasteiger partial charge in [-0.25, -0.2) is 13.1 Å². The lowest BCUT2D eigenvalue weighted by Crippen LogP contribution is -2.39. The van der Waals surface area contributed by atoms with Crippen LogP contribution in [0, 0.1) is 0 Å². The van der Waals surface area contributed by atoms with Gasteiger partial charge in [0.25, 0.3) is 0 Å². The monoisotopic (exact) mass is 262 g/mol. The molecule has 102 valence electrons. The Morgan fingerprint density at radius 3 is 2.76 bits per heavy atom. The topological polar surface area (TPSA) is 49.4 Å². The van der Waals surface area contributed by atoms with Crippen LogP contribution in [0.25, 0.3) is 0 Å². The molecular formula is C12H26N2O2S. The number of rotatable bonds is 7. The van der Waals surface area contributed by atoms with Gasteiger partial charge in [0.05, 0.1) is 5.75 Å². The summed E-state index contributed by atoms with van der Waals surface area (Å²) < 4.78 is 25.5. The molecule has 1 atom stereocenters. The average molecular weight is 262 g/mol. The Hall–Kier alpha value is -0.130. The molecule has 0 spiro atoms. The highest BCUT2D eigenvalue weighted by Gasteiger charge is 2.17. The number of sulfonamides is 1. The van der Waals surface area contributed by atoms with Gasteiger partial charge >= 0.3 is 0 Å². The van der Waals surface area contributed by atoms with Crippen molar-refractivity contribution >= 4 is 10.0 Å². The normalized spacial score (nSPS) is 22.8. The van der Waals surface area contributed by atoms with E-state index in [0.717, 1.165) is 13.0 Å². The van der Waals surface area contributed by atoms with Crippen LogP contribution in [0.3, 0.4) is 0 Å². The Labute approximate surface area is 106 Å². The highest BCUT2D eigenvalue weighted by atomic mass is 32.2. The summed E-state index contributed by atoms with van der Waals surface area (Å²) in [5, 5.41) is 0. The second-order valence-electron chi connectivity index (χ2n) is 4.95. The third-order valence-electron chi connectivity index (χ3n) is 3.36. The van der Waals surface area contributed by atoms with E-state index in [2.05, 4.69) is 16.5 Å². The first-order valence-corrected chi connectivity index (χ1v) is 8.42. The minimum absolute atomic E-state index is 0.243. The van der Waals surface area contributed by atoms with Gasteiger partial charge in [-0.3, -0.25) is 0 Å². The smallest absolute Gasteiger partial charge is 0.211 e. The van der Waals surface area contributed by atoms with Crippen LogP contribution in [0.5, 0.6) is 0 Å². The maximum atomic E-state index is 11.4. The van der Waals surface area contributed by atoms with E-state index in [1.807, 2.05) is 6.92 Å². The van der Waals surface area contributed by atoms with Gasteiger partial charge in [-0.2, -0.15) is 0 Å². The van der Waals surface area contributed by atoms with E-state index < -0.39 is 10.0 Å². The van der Waals surface area contributed by atoms with Crippen molar-refractivity contribution in [3.05, 3.63) is 0 Å². The summed E-state index contributed by atoms with van der Waals surface area (Å²) in [6.07, 6.45) is 5.49. The van der Waals surface area contributed by atoms with Crippen LogP contribution < -0.4 is 4.72 Å². The average Bonchev–Trinajstić information content (AvgIpc) is 2.26. The molecule has 0 radical (unpaired) electrons. The molecule has 1 saturated heterocycles. The Morgan fingerprint density at radius 2 is 2.12 bits per heavy atom. The van der Waals surface area contributed by atoms with Crippen LogP contribution in [-0.2, 0) is 10.0 Å². The molecule has 0 aromatic carbocycles. The summed E-state index contributed by atoms with van der Waals surface area (Å²) >= 11 is 0. The molecule has 0 aromatic rings. The molecule has 4 nitrogen and oxygen atoms in total. The largest absolute Gasteiger partial charge is 0.301 e. The summed E-state index contributed by atoms with van der Waals surface area (Å²) in [5.41, 5.74) is 0. The van der Waals surface area contributed by atoms with Crippen LogP contribution in [0.4, 0.5) is 0 Å². The predicted molar refractivity (Wildman–Crippen MR) is 71.6 cm³/mol. The summed E-state index contributed by atoms with van der Waals surface area (Å²) in [5.74, 6) is 0.243. The van der Waals surface area contributed by atoms with E-state index in [-0.39, 0.29) is 5.75 Å². The Bertz CT molecular complexity index is 304. The second kappa shape index (κ2) is 7.34. The standard InChI is InChI=1S/C12H26N2O2S/c1-3-11-17(15,16)13-8-6-10-14-9-5-4-7-12(14)2/h12-13H,3-11H2,1-2H3. The first-order chi connectivity index (χ1) is 8.05. The Balaban J connectivity index is 2.15. The third-order valence-corrected chi connectivity index (χ3v) is 4.95. The molecule has 17 heavy (non-hydrogen) atoms. The molecule has 0 aromatic heterocycles. The van der Waals surface area contributed by atoms with E-state index >= 15 is 0 Å². The zero-order valence-electron chi connectivity index (χ0n) is 11.1. The molecular weight excluding hydrogens is 236 g/mol. The zero-order chi connectivity index (χ0) is 12.7. The molecule has 0 saturated carbocycles. The molecule has 0 amide bonds. The minimum atomic E-state index is -3.02. The lowest BCUT2D eigenvalue weighted by molar-refractivity contribution is 0.159. The fourth-order valence-corrected chi connectivity index (χ4v) is 3.48. The molecule has 0 bridgehead atoms. The molecule has 1 unspecified atom stereocenters. The molecule has 1 heterocycles. The minimum Gasteiger partial charge on any atom is -0.301 e. The quantitative estimate of drug-likeness (QED) is 0.709. The van der Waals surface area contributed by atoms with Gasteiger partial charge in [0.15, 0.2) is 0 Å². The number of likely N-dealkylation sites (tertiary alicyclic amines) is 1. The zero-order valence-corrected chi connectivity index (χ0v) is 11.9. The van der Waals surface area contributed by atoms with Crippen molar-refractivity contribution in [2.24, 2.45) is 0 Å². The van der Waals surface area contributed by atoms with Gasteiger partial charge in [-0.15, -0.1) is 0 Å². The van der Waals surface area contributed by atoms with E-state index in [0.29, 0.717) is 19.0 Å². The summed E-state index contributed by atoms with van der Waals surface area (Å²) in [4.78, 5) is 2.47. The van der Waals surface area contributed by atoms with Crippen molar-refractivity contribution in [3.8, 4) is 0 Å². The van der Waals surface area contributed by atoms with Gasteiger partial charge in [-0.1, -0.05) is 13.3 Å². The van der Waals surface area contributed by atoms with Crippen LogP contribution in [0.2, 0.25) is 0 Å². The van der Waals surface area contributed by atoms with Crippen LogP contribution in [0.1, 0.15) is 46.0 Å². The van der Waals surface area contributed by atoms with Gasteiger partial charge < -0.3 is 4.90 Å². The van der Waals surface area contributed by atoms with Crippen LogP contribution >= 0.6 is 0 Å². The summed E-state index contributed by atoms with van der Waals surface area (Å²) in [6, 6.07) is 0.663. The maximum absolute atomic E-state index is 11.4. The molecule has 0 aliphatic carbocycles. The van der Waals surface area contributed by atoms with Crippen molar-refractivity contribution in [2.45, 2.75) is 52.0 Å². The van der Waals surface area contributed by atoms with Crippen molar-refractivity contribution in [2.75, 3.05) is 25.4 Å². The molecule has 1 rings (SSSR count). The second-order valence-corrected chi connectivity index (χ2v) is 6.87. The summed E-state index contributed by atoms with van der Waals surface area (Å²) in [7, 11) is -3.02. The molecule has 1 aliphatic heterocycles. The van der Waals surface area contributed by atoms with Crippen molar-refractivity contribution in [1.29, 1.82) is 0 Å². The highest BCUT2D eigenvalue weighted by Crippen LogP contribution is 2.15. The highest BCUT2D eigenvalue weighted by molar-refractivity contribution is 7.89. The molecule has 1 aliphatic rings. The van der Waals surface area contributed by atoms with E-state index in [1.165, 1.54) is 25.8 Å². The fourth-order valence-electron chi connectivity index (χ4n) is 2.34. The third kappa shape index (κ3) is 5.84. The van der Waals surface area contributed by atoms with Gasteiger partial charge in [0.1, 0.15) is 0 Å². The van der Waals surface area contributed by atoms with E-state index in [1.54, 1.807) is 0 Å². The molecule has 5 heteroatoms. The Kier molecular flexibility index (Phi) is 6.44. The van der Waals surface area contributed by atoms with Gasteiger partial charge in [0.2, 0.25) is 10.0 Å². The van der Waals surface area contributed by atoms with E-state index in [9.17, 15) is 8.42 Å². The van der Waals surface area contributed by atoms with Gasteiger partial charge in [-0.05, 0) is 45.7 Å². The number of piperidine rings is 1. The van der Waals surface area contributed by atoms with Crippen LogP contribution in [0.15, 0.2) is 0 Å². The van der Waals surface area contributed by atoms with E-state index in [4.69, 9.17) is 0 Å². The number of hydrogen-bond donors (Lipinski definition) is 1. The number of nitrogens with zero attached hydrogens (tertiary/aromatic N) is 1.